The van der Waals surface area contributed by atoms with Crippen LogP contribution in [0.15, 0.2) is 6.07 Å². The van der Waals surface area contributed by atoms with Crippen molar-refractivity contribution in [3.8, 4) is 0 Å². The van der Waals surface area contributed by atoms with E-state index in [0.29, 0.717) is 11.8 Å². The van der Waals surface area contributed by atoms with E-state index in [9.17, 15) is 0 Å². The molecule has 1 aliphatic rings. The maximum Gasteiger partial charge on any atom is 0.133 e. The Kier molecular flexibility index (Phi) is 3.00. The Morgan fingerprint density at radius 2 is 2.20 bits per heavy atom. The maximum absolute atomic E-state index is 4.66. The molecule has 0 amide bonds. The van der Waals surface area contributed by atoms with Crippen LogP contribution in [0.5, 0.6) is 0 Å². The fourth-order valence-electron chi connectivity index (χ4n) is 1.97. The zero-order valence-corrected chi connectivity index (χ0v) is 9.75. The molecule has 0 spiro atoms. The lowest BCUT2D eigenvalue weighted by atomic mass is 10.1. The number of hydrogen-bond acceptors (Lipinski definition) is 3. The number of rotatable bonds is 2. The van der Waals surface area contributed by atoms with Gasteiger partial charge in [-0.3, -0.25) is 0 Å². The minimum atomic E-state index is 0.486. The second-order valence-corrected chi connectivity index (χ2v) is 4.64. The average molecular weight is 205 g/mol. The third-order valence-electron chi connectivity index (χ3n) is 2.91. The molecule has 1 saturated heterocycles. The molecule has 0 bridgehead atoms. The molecule has 3 nitrogen and oxygen atoms in total. The van der Waals surface area contributed by atoms with E-state index < -0.39 is 0 Å². The van der Waals surface area contributed by atoms with Crippen molar-refractivity contribution in [2.45, 2.75) is 39.0 Å². The van der Waals surface area contributed by atoms with Crippen molar-refractivity contribution in [2.75, 3.05) is 13.1 Å². The maximum atomic E-state index is 4.66. The first-order chi connectivity index (χ1) is 7.16. The first-order valence-corrected chi connectivity index (χ1v) is 5.73. The highest BCUT2D eigenvalue weighted by Gasteiger charge is 2.20. The molecule has 1 N–H and O–H groups in total. The van der Waals surface area contributed by atoms with Crippen LogP contribution in [0.25, 0.3) is 0 Å². The van der Waals surface area contributed by atoms with Gasteiger partial charge in [-0.25, -0.2) is 9.97 Å². The molecule has 0 aromatic carbocycles. The molecule has 2 heterocycles. The summed E-state index contributed by atoms with van der Waals surface area (Å²) >= 11 is 0. The van der Waals surface area contributed by atoms with Gasteiger partial charge in [-0.2, -0.15) is 0 Å². The molecule has 82 valence electrons. The Hall–Kier alpha value is -0.960. The summed E-state index contributed by atoms with van der Waals surface area (Å²) in [7, 11) is 0. The molecule has 0 saturated carbocycles. The van der Waals surface area contributed by atoms with Gasteiger partial charge in [0.05, 0.1) is 0 Å². The minimum Gasteiger partial charge on any atom is -0.316 e. The van der Waals surface area contributed by atoms with Crippen molar-refractivity contribution in [3.05, 3.63) is 23.3 Å². The first-order valence-electron chi connectivity index (χ1n) is 5.73. The molecule has 0 aliphatic carbocycles. The summed E-state index contributed by atoms with van der Waals surface area (Å²) in [5.74, 6) is 2.03. The van der Waals surface area contributed by atoms with E-state index in [2.05, 4.69) is 42.1 Å². The molecular formula is C12H19N3. The first kappa shape index (κ1) is 10.6. The summed E-state index contributed by atoms with van der Waals surface area (Å²) in [5.41, 5.74) is 2.26. The van der Waals surface area contributed by atoms with Gasteiger partial charge in [0.1, 0.15) is 5.82 Å². The fraction of sp³-hybridized carbons (Fsp3) is 0.667. The van der Waals surface area contributed by atoms with E-state index in [4.69, 9.17) is 0 Å². The van der Waals surface area contributed by atoms with Gasteiger partial charge in [0.25, 0.3) is 0 Å². The Bertz CT molecular complexity index is 341. The van der Waals surface area contributed by atoms with Crippen molar-refractivity contribution in [1.29, 1.82) is 0 Å². The summed E-state index contributed by atoms with van der Waals surface area (Å²) < 4.78 is 0. The van der Waals surface area contributed by atoms with Gasteiger partial charge in [0.2, 0.25) is 0 Å². The number of nitrogens with zero attached hydrogens (tertiary/aromatic N) is 2. The predicted octanol–water partition coefficient (Wildman–Crippen LogP) is 1.99. The largest absolute Gasteiger partial charge is 0.316 e. The molecular weight excluding hydrogens is 186 g/mol. The lowest BCUT2D eigenvalue weighted by Gasteiger charge is -2.11. The Labute approximate surface area is 91.3 Å². The zero-order valence-electron chi connectivity index (χ0n) is 9.75. The van der Waals surface area contributed by atoms with Crippen LogP contribution in [-0.2, 0) is 0 Å². The Balaban J connectivity index is 2.30. The van der Waals surface area contributed by atoms with E-state index in [-0.39, 0.29) is 0 Å². The van der Waals surface area contributed by atoms with Gasteiger partial charge in [-0.1, -0.05) is 13.8 Å². The highest BCUT2D eigenvalue weighted by Crippen LogP contribution is 2.21. The van der Waals surface area contributed by atoms with Crippen LogP contribution in [0.1, 0.15) is 49.3 Å². The second-order valence-electron chi connectivity index (χ2n) is 4.64. The SMILES string of the molecule is Cc1cc(C(C)C)nc(C2CCNC2)n1. The molecule has 1 atom stereocenters. The molecule has 2 rings (SSSR count). The minimum absolute atomic E-state index is 0.486. The molecule has 0 radical (unpaired) electrons. The van der Waals surface area contributed by atoms with Crippen LogP contribution >= 0.6 is 0 Å². The van der Waals surface area contributed by atoms with Gasteiger partial charge >= 0.3 is 0 Å². The summed E-state index contributed by atoms with van der Waals surface area (Å²) in [6, 6.07) is 2.09. The lowest BCUT2D eigenvalue weighted by molar-refractivity contribution is 0.675. The van der Waals surface area contributed by atoms with Gasteiger partial charge in [0, 0.05) is 23.9 Å². The summed E-state index contributed by atoms with van der Waals surface area (Å²) in [6.07, 6.45) is 1.17. The van der Waals surface area contributed by atoms with Gasteiger partial charge in [-0.15, -0.1) is 0 Å². The molecule has 1 unspecified atom stereocenters. The molecule has 1 aromatic heterocycles. The number of aryl methyl sites for hydroxylation is 1. The normalized spacial score (nSPS) is 21.2. The number of hydrogen-bond donors (Lipinski definition) is 1. The van der Waals surface area contributed by atoms with Crippen LogP contribution in [0.2, 0.25) is 0 Å². The van der Waals surface area contributed by atoms with Crippen molar-refractivity contribution in [3.63, 3.8) is 0 Å². The Morgan fingerprint density at radius 1 is 1.40 bits per heavy atom. The van der Waals surface area contributed by atoms with Crippen molar-refractivity contribution < 1.29 is 0 Å². The quantitative estimate of drug-likeness (QED) is 0.802. The predicted molar refractivity (Wildman–Crippen MR) is 61.1 cm³/mol. The van der Waals surface area contributed by atoms with E-state index >= 15 is 0 Å². The van der Waals surface area contributed by atoms with E-state index in [1.165, 1.54) is 12.1 Å². The highest BCUT2D eigenvalue weighted by molar-refractivity contribution is 5.15. The molecule has 1 aromatic rings. The third-order valence-corrected chi connectivity index (χ3v) is 2.91. The number of nitrogens with one attached hydrogen (secondary N) is 1. The van der Waals surface area contributed by atoms with E-state index in [1.807, 2.05) is 0 Å². The average Bonchev–Trinajstić information content (AvgIpc) is 2.69. The van der Waals surface area contributed by atoms with Gasteiger partial charge in [0.15, 0.2) is 0 Å². The standard InChI is InChI=1S/C12H19N3/c1-8(2)11-6-9(3)14-12(15-11)10-4-5-13-7-10/h6,8,10,13H,4-5,7H2,1-3H3. The smallest absolute Gasteiger partial charge is 0.133 e. The third kappa shape index (κ3) is 2.34. The van der Waals surface area contributed by atoms with Crippen molar-refractivity contribution in [2.24, 2.45) is 0 Å². The summed E-state index contributed by atoms with van der Waals surface area (Å²) in [6.45, 7) is 8.54. The Morgan fingerprint density at radius 3 is 2.80 bits per heavy atom. The highest BCUT2D eigenvalue weighted by atomic mass is 15.0. The van der Waals surface area contributed by atoms with Crippen LogP contribution in [0.4, 0.5) is 0 Å². The lowest BCUT2D eigenvalue weighted by Crippen LogP contribution is -2.12. The van der Waals surface area contributed by atoms with Crippen LogP contribution < -0.4 is 5.32 Å². The van der Waals surface area contributed by atoms with Crippen molar-refractivity contribution in [1.82, 2.24) is 15.3 Å². The number of aromatic nitrogens is 2. The fourth-order valence-corrected chi connectivity index (χ4v) is 1.97. The van der Waals surface area contributed by atoms with Gasteiger partial charge < -0.3 is 5.32 Å². The van der Waals surface area contributed by atoms with E-state index in [1.54, 1.807) is 0 Å². The topological polar surface area (TPSA) is 37.8 Å². The van der Waals surface area contributed by atoms with Crippen LogP contribution in [0, 0.1) is 6.92 Å². The second kappa shape index (κ2) is 4.27. The molecule has 1 aliphatic heterocycles. The van der Waals surface area contributed by atoms with Gasteiger partial charge in [-0.05, 0) is 31.9 Å². The molecule has 3 heteroatoms. The molecule has 15 heavy (non-hydrogen) atoms. The van der Waals surface area contributed by atoms with Crippen molar-refractivity contribution >= 4 is 0 Å². The van der Waals surface area contributed by atoms with Crippen LogP contribution in [-0.4, -0.2) is 23.1 Å². The molecule has 1 fully saturated rings. The summed E-state index contributed by atoms with van der Waals surface area (Å²) in [4.78, 5) is 9.21. The van der Waals surface area contributed by atoms with E-state index in [0.717, 1.165) is 24.6 Å². The summed E-state index contributed by atoms with van der Waals surface area (Å²) in [5, 5.41) is 3.36. The van der Waals surface area contributed by atoms with Crippen LogP contribution in [0.3, 0.4) is 0 Å². The monoisotopic (exact) mass is 205 g/mol. The zero-order chi connectivity index (χ0) is 10.8.